The summed E-state index contributed by atoms with van der Waals surface area (Å²) in [5.74, 6) is 1.56. The summed E-state index contributed by atoms with van der Waals surface area (Å²) < 4.78 is 0. The highest BCUT2D eigenvalue weighted by atomic mass is 16.2. The van der Waals surface area contributed by atoms with Gasteiger partial charge in [0.1, 0.15) is 0 Å². The first-order chi connectivity index (χ1) is 14.2. The lowest BCUT2D eigenvalue weighted by Crippen LogP contribution is -2.42. The summed E-state index contributed by atoms with van der Waals surface area (Å²) in [6.45, 7) is 0. The molecule has 1 unspecified atom stereocenters. The number of nitrogens with zero attached hydrogens (tertiary/aromatic N) is 1. The van der Waals surface area contributed by atoms with Crippen molar-refractivity contribution in [1.29, 1.82) is 0 Å². The molecule has 0 saturated heterocycles. The average Bonchev–Trinajstić information content (AvgIpc) is 3.59. The fraction of sp³-hybridized carbons (Fsp3) is 0.708. The highest BCUT2D eigenvalue weighted by Crippen LogP contribution is 2.40. The Hall–Kier alpha value is -1.91. The van der Waals surface area contributed by atoms with Crippen LogP contribution in [-0.2, 0) is 9.59 Å². The molecule has 0 spiro atoms. The minimum Gasteiger partial charge on any atom is -0.353 e. The van der Waals surface area contributed by atoms with Gasteiger partial charge in [-0.15, -0.1) is 0 Å². The summed E-state index contributed by atoms with van der Waals surface area (Å²) in [6.07, 6.45) is 14.7. The molecule has 1 aromatic rings. The van der Waals surface area contributed by atoms with E-state index in [1.165, 1.54) is 44.9 Å². The summed E-state index contributed by atoms with van der Waals surface area (Å²) in [5.41, 5.74) is 0.979. The topological polar surface area (TPSA) is 71.1 Å². The van der Waals surface area contributed by atoms with E-state index in [1.54, 1.807) is 6.20 Å². The smallest absolute Gasteiger partial charge is 0.223 e. The average molecular weight is 398 g/mol. The zero-order valence-electron chi connectivity index (χ0n) is 17.4. The van der Waals surface area contributed by atoms with E-state index >= 15 is 0 Å². The van der Waals surface area contributed by atoms with E-state index in [4.69, 9.17) is 0 Å². The van der Waals surface area contributed by atoms with Crippen LogP contribution in [0.15, 0.2) is 24.4 Å². The Bertz CT molecular complexity index is 675. The van der Waals surface area contributed by atoms with Gasteiger partial charge in [0.15, 0.2) is 0 Å². The summed E-state index contributed by atoms with van der Waals surface area (Å²) in [4.78, 5) is 29.7. The third kappa shape index (κ3) is 5.80. The van der Waals surface area contributed by atoms with Gasteiger partial charge in [0.05, 0.1) is 11.7 Å². The molecule has 3 fully saturated rings. The second-order valence-electron chi connectivity index (χ2n) is 9.40. The quantitative estimate of drug-likeness (QED) is 0.721. The van der Waals surface area contributed by atoms with Crippen LogP contribution in [0.5, 0.6) is 0 Å². The lowest BCUT2D eigenvalue weighted by Gasteiger charge is -2.30. The van der Waals surface area contributed by atoms with E-state index in [9.17, 15) is 9.59 Å². The van der Waals surface area contributed by atoms with Crippen molar-refractivity contribution in [3.8, 4) is 0 Å². The molecular formula is C24H35N3O2. The predicted molar refractivity (Wildman–Crippen MR) is 113 cm³/mol. The van der Waals surface area contributed by atoms with Gasteiger partial charge >= 0.3 is 0 Å². The lowest BCUT2D eigenvalue weighted by atomic mass is 9.84. The monoisotopic (exact) mass is 397 g/mol. The molecule has 3 aliphatic carbocycles. The van der Waals surface area contributed by atoms with Crippen LogP contribution in [-0.4, -0.2) is 22.8 Å². The van der Waals surface area contributed by atoms with Gasteiger partial charge in [0.2, 0.25) is 11.8 Å². The van der Waals surface area contributed by atoms with Gasteiger partial charge in [0.25, 0.3) is 0 Å². The summed E-state index contributed by atoms with van der Waals surface area (Å²) in [7, 11) is 0. The van der Waals surface area contributed by atoms with Crippen LogP contribution in [0.25, 0.3) is 0 Å². The van der Waals surface area contributed by atoms with Crippen molar-refractivity contribution < 1.29 is 9.59 Å². The van der Waals surface area contributed by atoms with Crippen LogP contribution in [0.2, 0.25) is 0 Å². The molecule has 1 heterocycles. The zero-order valence-corrected chi connectivity index (χ0v) is 17.4. The van der Waals surface area contributed by atoms with Gasteiger partial charge in [-0.3, -0.25) is 14.6 Å². The van der Waals surface area contributed by atoms with Crippen LogP contribution in [0, 0.1) is 17.8 Å². The first kappa shape index (κ1) is 20.4. The van der Waals surface area contributed by atoms with Crippen LogP contribution >= 0.6 is 0 Å². The molecule has 0 radical (unpaired) electrons. The second kappa shape index (κ2) is 9.73. The van der Waals surface area contributed by atoms with Gasteiger partial charge in [-0.2, -0.15) is 0 Å². The van der Waals surface area contributed by atoms with E-state index in [-0.39, 0.29) is 29.8 Å². The van der Waals surface area contributed by atoms with Gasteiger partial charge in [0, 0.05) is 24.6 Å². The molecule has 0 bridgehead atoms. The Kier molecular flexibility index (Phi) is 6.83. The number of carbonyl (C=O) groups excluding carboxylic acids is 2. The third-order valence-corrected chi connectivity index (χ3v) is 7.06. The van der Waals surface area contributed by atoms with E-state index in [0.717, 1.165) is 31.4 Å². The van der Waals surface area contributed by atoms with Crippen molar-refractivity contribution in [1.82, 2.24) is 15.6 Å². The Morgan fingerprint density at radius 3 is 2.38 bits per heavy atom. The zero-order chi connectivity index (χ0) is 20.1. The molecule has 0 aliphatic heterocycles. The molecule has 2 N–H and O–H groups in total. The maximum atomic E-state index is 12.9. The van der Waals surface area contributed by atoms with Gasteiger partial charge < -0.3 is 10.6 Å². The van der Waals surface area contributed by atoms with Crippen LogP contribution in [0.4, 0.5) is 0 Å². The minimum absolute atomic E-state index is 0.0524. The van der Waals surface area contributed by atoms with Crippen molar-refractivity contribution in [2.75, 3.05) is 0 Å². The highest BCUT2D eigenvalue weighted by Gasteiger charge is 2.36. The molecule has 4 rings (SSSR count). The fourth-order valence-electron chi connectivity index (χ4n) is 5.13. The number of pyridine rings is 1. The summed E-state index contributed by atoms with van der Waals surface area (Å²) in [5, 5.41) is 6.53. The van der Waals surface area contributed by atoms with Gasteiger partial charge in [-0.25, -0.2) is 0 Å². The van der Waals surface area contributed by atoms with Crippen molar-refractivity contribution in [3.63, 3.8) is 0 Å². The lowest BCUT2D eigenvalue weighted by molar-refractivity contribution is -0.127. The number of rotatable bonds is 7. The molecule has 0 aromatic carbocycles. The SMILES string of the molecule is O=C(CC1CCCCC1)NC1CCC(C(=O)NC(c2ccccn2)C2CC2)CC1. The Balaban J connectivity index is 1.21. The predicted octanol–water partition coefficient (Wildman–Crippen LogP) is 4.29. The fourth-order valence-corrected chi connectivity index (χ4v) is 5.13. The second-order valence-corrected chi connectivity index (χ2v) is 9.40. The molecule has 1 atom stereocenters. The molecule has 2 amide bonds. The Morgan fingerprint density at radius 1 is 0.966 bits per heavy atom. The third-order valence-electron chi connectivity index (χ3n) is 7.06. The molecule has 3 aliphatic rings. The molecule has 29 heavy (non-hydrogen) atoms. The van der Waals surface area contributed by atoms with Crippen LogP contribution in [0.3, 0.4) is 0 Å². The molecule has 158 valence electrons. The van der Waals surface area contributed by atoms with Crippen molar-refractivity contribution in [2.45, 2.75) is 89.1 Å². The van der Waals surface area contributed by atoms with Crippen LogP contribution in [0.1, 0.15) is 88.8 Å². The molecular weight excluding hydrogens is 362 g/mol. The van der Waals surface area contributed by atoms with E-state index in [0.29, 0.717) is 18.3 Å². The molecule has 5 heteroatoms. The van der Waals surface area contributed by atoms with Gasteiger partial charge in [-0.05, 0) is 75.3 Å². The van der Waals surface area contributed by atoms with E-state index in [1.807, 2.05) is 18.2 Å². The number of hydrogen-bond acceptors (Lipinski definition) is 3. The molecule has 1 aromatic heterocycles. The first-order valence-corrected chi connectivity index (χ1v) is 11.7. The van der Waals surface area contributed by atoms with Crippen molar-refractivity contribution in [3.05, 3.63) is 30.1 Å². The standard InChI is InChI=1S/C24H35N3O2/c28-22(16-17-6-2-1-3-7-17)26-20-13-11-19(12-14-20)24(29)27-23(18-9-10-18)21-8-4-5-15-25-21/h4-5,8,15,17-20,23H,1-3,6-7,9-14,16H2,(H,26,28)(H,27,29). The normalized spacial score (nSPS) is 26.5. The Labute approximate surface area is 174 Å². The summed E-state index contributed by atoms with van der Waals surface area (Å²) in [6, 6.07) is 6.22. The maximum absolute atomic E-state index is 12.9. The molecule has 3 saturated carbocycles. The minimum atomic E-state index is 0.0524. The first-order valence-electron chi connectivity index (χ1n) is 11.7. The number of carbonyl (C=O) groups is 2. The number of amides is 2. The highest BCUT2D eigenvalue weighted by molar-refractivity contribution is 5.79. The largest absolute Gasteiger partial charge is 0.353 e. The van der Waals surface area contributed by atoms with Crippen molar-refractivity contribution in [2.24, 2.45) is 17.8 Å². The van der Waals surface area contributed by atoms with E-state index in [2.05, 4.69) is 15.6 Å². The van der Waals surface area contributed by atoms with Crippen molar-refractivity contribution >= 4 is 11.8 Å². The van der Waals surface area contributed by atoms with E-state index < -0.39 is 0 Å². The van der Waals surface area contributed by atoms with Gasteiger partial charge in [-0.1, -0.05) is 25.3 Å². The number of aromatic nitrogens is 1. The summed E-state index contributed by atoms with van der Waals surface area (Å²) >= 11 is 0. The Morgan fingerprint density at radius 2 is 1.72 bits per heavy atom. The molecule has 5 nitrogen and oxygen atoms in total. The van der Waals surface area contributed by atoms with Crippen LogP contribution < -0.4 is 10.6 Å². The number of nitrogens with one attached hydrogen (secondary N) is 2. The number of hydrogen-bond donors (Lipinski definition) is 2. The maximum Gasteiger partial charge on any atom is 0.223 e.